The van der Waals surface area contributed by atoms with Gasteiger partial charge >= 0.3 is 0 Å². The van der Waals surface area contributed by atoms with Gasteiger partial charge in [0.2, 0.25) is 0 Å². The summed E-state index contributed by atoms with van der Waals surface area (Å²) in [6, 6.07) is 0. The molecule has 0 bridgehead atoms. The van der Waals surface area contributed by atoms with Crippen LogP contribution >= 0.6 is 0 Å². The van der Waals surface area contributed by atoms with Crippen molar-refractivity contribution in [3.8, 4) is 0 Å². The van der Waals surface area contributed by atoms with Gasteiger partial charge in [0, 0.05) is 6.61 Å². The van der Waals surface area contributed by atoms with Crippen LogP contribution in [0.2, 0.25) is 0 Å². The van der Waals surface area contributed by atoms with E-state index in [1.807, 2.05) is 0 Å². The summed E-state index contributed by atoms with van der Waals surface area (Å²) in [5.41, 5.74) is 1.64. The standard InChI is InChI=1S/C18H28.C2H6O/c1-2-3-4-5-6-7-8-9-10-11-12-13-14-15-18-16-17-18;1-2-3/h6-7,9-10,12-13,15H,2-5,8,11,14,16-17H2,1H3;3H,2H2,1H3. The number of unbranched alkanes of at least 4 members (excludes halogenated alkanes) is 3. The highest BCUT2D eigenvalue weighted by Crippen LogP contribution is 2.27. The Bertz CT molecular complexity index is 315. The lowest BCUT2D eigenvalue weighted by Gasteiger charge is -1.90. The number of rotatable bonds is 10. The number of aliphatic hydroxyl groups is 1. The highest BCUT2D eigenvalue weighted by molar-refractivity contribution is 5.17. The van der Waals surface area contributed by atoms with Crippen LogP contribution in [0.5, 0.6) is 0 Å². The molecule has 0 aromatic heterocycles. The molecule has 1 rings (SSSR count). The molecule has 1 saturated carbocycles. The summed E-state index contributed by atoms with van der Waals surface area (Å²) in [4.78, 5) is 0. The molecule has 1 N–H and O–H groups in total. The van der Waals surface area contributed by atoms with Gasteiger partial charge in [-0.15, -0.1) is 0 Å². The van der Waals surface area contributed by atoms with Crippen molar-refractivity contribution in [3.05, 3.63) is 48.1 Å². The Labute approximate surface area is 132 Å². The summed E-state index contributed by atoms with van der Waals surface area (Å²) in [5.74, 6) is 0. The zero-order valence-corrected chi connectivity index (χ0v) is 14.1. The number of aliphatic hydroxyl groups excluding tert-OH is 1. The van der Waals surface area contributed by atoms with E-state index in [0.29, 0.717) is 0 Å². The van der Waals surface area contributed by atoms with Crippen LogP contribution in [0.4, 0.5) is 0 Å². The molecule has 0 radical (unpaired) electrons. The number of allylic oxidation sites excluding steroid dienone is 8. The monoisotopic (exact) mass is 290 g/mol. The molecule has 120 valence electrons. The number of hydrogen-bond acceptors (Lipinski definition) is 1. The highest BCUT2D eigenvalue weighted by Gasteiger charge is 2.08. The predicted octanol–water partition coefficient (Wildman–Crippen LogP) is 6.12. The molecule has 0 amide bonds. The first-order chi connectivity index (χ1) is 10.3. The molecule has 0 atom stereocenters. The molecule has 1 aliphatic rings. The fourth-order valence-electron chi connectivity index (χ4n) is 1.78. The average molecular weight is 290 g/mol. The van der Waals surface area contributed by atoms with Crippen molar-refractivity contribution in [1.82, 2.24) is 0 Å². The lowest BCUT2D eigenvalue weighted by atomic mass is 10.2. The molecule has 0 saturated heterocycles. The van der Waals surface area contributed by atoms with Gasteiger partial charge in [-0.05, 0) is 51.9 Å². The molecule has 1 heteroatoms. The van der Waals surface area contributed by atoms with Gasteiger partial charge < -0.3 is 5.11 Å². The highest BCUT2D eigenvalue weighted by atomic mass is 16.2. The molecule has 1 nitrogen and oxygen atoms in total. The van der Waals surface area contributed by atoms with E-state index in [-0.39, 0.29) is 6.61 Å². The summed E-state index contributed by atoms with van der Waals surface area (Å²) in [5, 5.41) is 7.57. The van der Waals surface area contributed by atoms with Crippen LogP contribution in [0.15, 0.2) is 48.1 Å². The van der Waals surface area contributed by atoms with E-state index in [4.69, 9.17) is 5.11 Å². The van der Waals surface area contributed by atoms with E-state index in [0.717, 1.165) is 19.3 Å². The Kier molecular flexibility index (Phi) is 16.1. The molecular formula is C20H34O. The first-order valence-electron chi connectivity index (χ1n) is 8.58. The summed E-state index contributed by atoms with van der Waals surface area (Å²) >= 11 is 0. The van der Waals surface area contributed by atoms with Crippen LogP contribution in [-0.4, -0.2) is 11.7 Å². The second kappa shape index (κ2) is 17.0. The van der Waals surface area contributed by atoms with Crippen LogP contribution in [0.25, 0.3) is 0 Å². The van der Waals surface area contributed by atoms with Gasteiger partial charge in [0.05, 0.1) is 0 Å². The Morgan fingerprint density at radius 3 is 1.86 bits per heavy atom. The van der Waals surface area contributed by atoms with E-state index in [1.54, 1.807) is 12.5 Å². The predicted molar refractivity (Wildman–Crippen MR) is 95.5 cm³/mol. The van der Waals surface area contributed by atoms with E-state index >= 15 is 0 Å². The van der Waals surface area contributed by atoms with Crippen LogP contribution in [0, 0.1) is 0 Å². The minimum absolute atomic E-state index is 0.250. The summed E-state index contributed by atoms with van der Waals surface area (Å²) in [6.45, 7) is 4.18. The summed E-state index contributed by atoms with van der Waals surface area (Å²) < 4.78 is 0. The van der Waals surface area contributed by atoms with Crippen molar-refractivity contribution >= 4 is 0 Å². The van der Waals surface area contributed by atoms with Gasteiger partial charge in [-0.3, -0.25) is 0 Å². The average Bonchev–Trinajstić information content (AvgIpc) is 3.29. The maximum Gasteiger partial charge on any atom is 0.0402 e. The second-order valence-corrected chi connectivity index (χ2v) is 5.30. The Morgan fingerprint density at radius 2 is 1.33 bits per heavy atom. The van der Waals surface area contributed by atoms with Gasteiger partial charge in [-0.1, -0.05) is 67.9 Å². The van der Waals surface area contributed by atoms with Crippen molar-refractivity contribution < 1.29 is 5.11 Å². The topological polar surface area (TPSA) is 20.2 Å². The first kappa shape index (κ1) is 19.9. The maximum absolute atomic E-state index is 7.57. The van der Waals surface area contributed by atoms with Gasteiger partial charge in [0.25, 0.3) is 0 Å². The molecule has 1 aliphatic carbocycles. The minimum atomic E-state index is 0.250. The van der Waals surface area contributed by atoms with Crippen LogP contribution in [0.3, 0.4) is 0 Å². The molecule has 0 heterocycles. The van der Waals surface area contributed by atoms with Crippen molar-refractivity contribution in [2.45, 2.75) is 71.6 Å². The molecule has 1 fully saturated rings. The molecule has 0 spiro atoms. The molecule has 0 aromatic carbocycles. The van der Waals surface area contributed by atoms with Crippen molar-refractivity contribution in [2.24, 2.45) is 0 Å². The Balaban J connectivity index is 0.00000122. The lowest BCUT2D eigenvalue weighted by molar-refractivity contribution is 0.318. The summed E-state index contributed by atoms with van der Waals surface area (Å²) in [7, 11) is 0. The van der Waals surface area contributed by atoms with Crippen LogP contribution in [-0.2, 0) is 0 Å². The normalized spacial score (nSPS) is 14.0. The van der Waals surface area contributed by atoms with Gasteiger partial charge in [0.15, 0.2) is 0 Å². The van der Waals surface area contributed by atoms with Gasteiger partial charge in [-0.2, -0.15) is 0 Å². The zero-order chi connectivity index (χ0) is 15.6. The SMILES string of the molecule is CCCCCC=CCC=CCC=CCC=C1CC1.CCO. The third-order valence-corrected chi connectivity index (χ3v) is 3.10. The molecule has 0 unspecified atom stereocenters. The fraction of sp³-hybridized carbons (Fsp3) is 0.600. The first-order valence-corrected chi connectivity index (χ1v) is 8.58. The van der Waals surface area contributed by atoms with E-state index < -0.39 is 0 Å². The largest absolute Gasteiger partial charge is 0.397 e. The van der Waals surface area contributed by atoms with Crippen molar-refractivity contribution in [2.75, 3.05) is 6.61 Å². The summed E-state index contributed by atoms with van der Waals surface area (Å²) in [6.07, 6.45) is 27.3. The third kappa shape index (κ3) is 18.9. The van der Waals surface area contributed by atoms with Gasteiger partial charge in [-0.25, -0.2) is 0 Å². The fourth-order valence-corrected chi connectivity index (χ4v) is 1.78. The van der Waals surface area contributed by atoms with E-state index in [2.05, 4.69) is 49.5 Å². The molecule has 0 aromatic rings. The molecule has 0 aliphatic heterocycles. The quantitative estimate of drug-likeness (QED) is 0.379. The third-order valence-electron chi connectivity index (χ3n) is 3.10. The van der Waals surface area contributed by atoms with Gasteiger partial charge in [0.1, 0.15) is 0 Å². The maximum atomic E-state index is 7.57. The number of hydrogen-bond donors (Lipinski definition) is 1. The Morgan fingerprint density at radius 1 is 0.810 bits per heavy atom. The van der Waals surface area contributed by atoms with Crippen LogP contribution in [0.1, 0.15) is 71.6 Å². The minimum Gasteiger partial charge on any atom is -0.397 e. The second-order valence-electron chi connectivity index (χ2n) is 5.30. The molecule has 21 heavy (non-hydrogen) atoms. The smallest absolute Gasteiger partial charge is 0.0402 e. The van der Waals surface area contributed by atoms with E-state index in [1.165, 1.54) is 38.5 Å². The van der Waals surface area contributed by atoms with E-state index in [9.17, 15) is 0 Å². The molecular weight excluding hydrogens is 256 g/mol. The zero-order valence-electron chi connectivity index (χ0n) is 14.1. The van der Waals surface area contributed by atoms with Crippen molar-refractivity contribution in [3.63, 3.8) is 0 Å². The lowest BCUT2D eigenvalue weighted by Crippen LogP contribution is -1.70. The van der Waals surface area contributed by atoms with Crippen molar-refractivity contribution in [1.29, 1.82) is 0 Å². The Hall–Kier alpha value is -1.08. The van der Waals surface area contributed by atoms with Crippen LogP contribution < -0.4 is 0 Å².